The number of amides is 2. The molecule has 0 saturated heterocycles. The Kier molecular flexibility index (Phi) is 5.15. The van der Waals surface area contributed by atoms with Crippen LogP contribution in [0.25, 0.3) is 0 Å². The molecular weight excluding hydrogens is 266 g/mol. The van der Waals surface area contributed by atoms with Crippen LogP contribution >= 0.6 is 0 Å². The minimum absolute atomic E-state index is 0.226. The summed E-state index contributed by atoms with van der Waals surface area (Å²) in [6.07, 6.45) is 2.38. The fraction of sp³-hybridized carbons (Fsp3) is 0.250. The molecule has 2 amide bonds. The monoisotopic (exact) mass is 285 g/mol. The summed E-state index contributed by atoms with van der Waals surface area (Å²) in [4.78, 5) is 15.9. The zero-order valence-corrected chi connectivity index (χ0v) is 12.2. The first kappa shape index (κ1) is 14.8. The Morgan fingerprint density at radius 2 is 2.10 bits per heavy atom. The number of hydrogen-bond acceptors (Lipinski definition) is 3. The van der Waals surface area contributed by atoms with Crippen LogP contribution in [0.2, 0.25) is 0 Å². The van der Waals surface area contributed by atoms with Gasteiger partial charge in [0, 0.05) is 24.1 Å². The van der Waals surface area contributed by atoms with Gasteiger partial charge in [0.1, 0.15) is 5.75 Å². The largest absolute Gasteiger partial charge is 0.496 e. The molecule has 0 spiro atoms. The van der Waals surface area contributed by atoms with Gasteiger partial charge in [0.05, 0.1) is 7.11 Å². The highest BCUT2D eigenvalue weighted by molar-refractivity contribution is 5.89. The molecule has 5 heteroatoms. The summed E-state index contributed by atoms with van der Waals surface area (Å²) < 4.78 is 5.28. The number of pyridine rings is 1. The summed E-state index contributed by atoms with van der Waals surface area (Å²) in [6, 6.07) is 11.1. The number of ether oxygens (including phenoxy) is 1. The Labute approximate surface area is 124 Å². The van der Waals surface area contributed by atoms with E-state index >= 15 is 0 Å². The molecule has 2 aromatic rings. The van der Waals surface area contributed by atoms with Crippen molar-refractivity contribution in [3.8, 4) is 5.75 Å². The number of aryl methyl sites for hydroxylation is 1. The van der Waals surface area contributed by atoms with Crippen molar-refractivity contribution in [2.75, 3.05) is 19.0 Å². The van der Waals surface area contributed by atoms with E-state index in [4.69, 9.17) is 4.74 Å². The van der Waals surface area contributed by atoms with Crippen molar-refractivity contribution in [2.45, 2.75) is 13.3 Å². The van der Waals surface area contributed by atoms with E-state index in [1.165, 1.54) is 0 Å². The number of rotatable bonds is 5. The number of para-hydroxylation sites is 1. The van der Waals surface area contributed by atoms with Crippen molar-refractivity contribution < 1.29 is 9.53 Å². The van der Waals surface area contributed by atoms with E-state index in [0.717, 1.165) is 22.7 Å². The summed E-state index contributed by atoms with van der Waals surface area (Å²) in [5.41, 5.74) is 2.67. The van der Waals surface area contributed by atoms with Crippen LogP contribution in [0.4, 0.5) is 10.5 Å². The molecule has 5 nitrogen and oxygen atoms in total. The smallest absolute Gasteiger partial charge is 0.319 e. The van der Waals surface area contributed by atoms with Gasteiger partial charge in [-0.3, -0.25) is 4.98 Å². The van der Waals surface area contributed by atoms with Gasteiger partial charge in [-0.25, -0.2) is 4.79 Å². The summed E-state index contributed by atoms with van der Waals surface area (Å²) >= 11 is 0. The van der Waals surface area contributed by atoms with Gasteiger partial charge in [0.15, 0.2) is 0 Å². The summed E-state index contributed by atoms with van der Waals surface area (Å²) in [5, 5.41) is 5.60. The third-order valence-corrected chi connectivity index (χ3v) is 3.03. The molecule has 0 aliphatic heterocycles. The number of carbonyl (C=O) groups excluding carboxylic acids is 1. The van der Waals surface area contributed by atoms with Crippen LogP contribution in [0.1, 0.15) is 11.3 Å². The maximum atomic E-state index is 11.8. The van der Waals surface area contributed by atoms with Crippen LogP contribution in [0.3, 0.4) is 0 Å². The summed E-state index contributed by atoms with van der Waals surface area (Å²) in [6.45, 7) is 2.42. The minimum Gasteiger partial charge on any atom is -0.496 e. The molecule has 0 saturated carbocycles. The number of benzene rings is 1. The zero-order chi connectivity index (χ0) is 15.1. The summed E-state index contributed by atoms with van der Waals surface area (Å²) in [7, 11) is 1.64. The molecule has 2 N–H and O–H groups in total. The van der Waals surface area contributed by atoms with Gasteiger partial charge in [-0.15, -0.1) is 0 Å². The van der Waals surface area contributed by atoms with E-state index in [1.54, 1.807) is 19.4 Å². The molecule has 0 fully saturated rings. The molecule has 21 heavy (non-hydrogen) atoms. The molecule has 1 heterocycles. The number of hydrogen-bond donors (Lipinski definition) is 2. The SMILES string of the molecule is COc1ccccc1CCNC(=O)Nc1ccnc(C)c1. The van der Waals surface area contributed by atoms with E-state index < -0.39 is 0 Å². The average Bonchev–Trinajstić information content (AvgIpc) is 2.47. The van der Waals surface area contributed by atoms with Crippen molar-refractivity contribution in [1.82, 2.24) is 10.3 Å². The molecule has 1 aromatic heterocycles. The van der Waals surface area contributed by atoms with Gasteiger partial charge >= 0.3 is 6.03 Å². The predicted octanol–water partition coefficient (Wildman–Crippen LogP) is 2.76. The maximum Gasteiger partial charge on any atom is 0.319 e. The van der Waals surface area contributed by atoms with Crippen molar-refractivity contribution in [3.63, 3.8) is 0 Å². The number of anilines is 1. The first-order valence-electron chi connectivity index (χ1n) is 6.78. The second kappa shape index (κ2) is 7.28. The van der Waals surface area contributed by atoms with Crippen molar-refractivity contribution >= 4 is 11.7 Å². The first-order valence-corrected chi connectivity index (χ1v) is 6.78. The standard InChI is InChI=1S/C16H19N3O2/c1-12-11-14(8-10-17-12)19-16(20)18-9-7-13-5-3-4-6-15(13)21-2/h3-6,8,10-11H,7,9H2,1-2H3,(H2,17,18,19,20). The van der Waals surface area contributed by atoms with Gasteiger partial charge in [-0.05, 0) is 37.1 Å². The lowest BCUT2D eigenvalue weighted by molar-refractivity contribution is 0.252. The molecule has 0 aliphatic rings. The van der Waals surface area contributed by atoms with Gasteiger partial charge in [-0.1, -0.05) is 18.2 Å². The number of aromatic nitrogens is 1. The fourth-order valence-electron chi connectivity index (χ4n) is 2.02. The molecule has 0 bridgehead atoms. The number of nitrogens with one attached hydrogen (secondary N) is 2. The highest BCUT2D eigenvalue weighted by Crippen LogP contribution is 2.17. The predicted molar refractivity (Wildman–Crippen MR) is 82.7 cm³/mol. The Bertz CT molecular complexity index is 614. The molecule has 0 unspecified atom stereocenters. The molecule has 1 aromatic carbocycles. The van der Waals surface area contributed by atoms with E-state index in [1.807, 2.05) is 37.3 Å². The molecular formula is C16H19N3O2. The highest BCUT2D eigenvalue weighted by atomic mass is 16.5. The molecule has 110 valence electrons. The van der Waals surface area contributed by atoms with Gasteiger partial charge < -0.3 is 15.4 Å². The molecule has 0 atom stereocenters. The van der Waals surface area contributed by atoms with Crippen LogP contribution in [0.5, 0.6) is 5.75 Å². The van der Waals surface area contributed by atoms with Crippen molar-refractivity contribution in [1.29, 1.82) is 0 Å². The van der Waals surface area contributed by atoms with Crippen molar-refractivity contribution in [2.24, 2.45) is 0 Å². The Morgan fingerprint density at radius 1 is 1.29 bits per heavy atom. The lowest BCUT2D eigenvalue weighted by atomic mass is 10.1. The van der Waals surface area contributed by atoms with E-state index in [0.29, 0.717) is 13.0 Å². The van der Waals surface area contributed by atoms with Crippen LogP contribution in [0, 0.1) is 6.92 Å². The zero-order valence-electron chi connectivity index (χ0n) is 12.2. The third-order valence-electron chi connectivity index (χ3n) is 3.03. The average molecular weight is 285 g/mol. The van der Waals surface area contributed by atoms with Crippen LogP contribution in [-0.4, -0.2) is 24.7 Å². The summed E-state index contributed by atoms with van der Waals surface area (Å²) in [5.74, 6) is 0.837. The quantitative estimate of drug-likeness (QED) is 0.888. The van der Waals surface area contributed by atoms with E-state index in [-0.39, 0.29) is 6.03 Å². The Hall–Kier alpha value is -2.56. The fourth-order valence-corrected chi connectivity index (χ4v) is 2.02. The second-order valence-corrected chi connectivity index (χ2v) is 4.63. The van der Waals surface area contributed by atoms with Gasteiger partial charge in [0.2, 0.25) is 0 Å². The van der Waals surface area contributed by atoms with Crippen molar-refractivity contribution in [3.05, 3.63) is 53.9 Å². The van der Waals surface area contributed by atoms with Crippen LogP contribution < -0.4 is 15.4 Å². The topological polar surface area (TPSA) is 63.2 Å². The maximum absolute atomic E-state index is 11.8. The third kappa shape index (κ3) is 4.49. The number of methoxy groups -OCH3 is 1. The number of nitrogens with zero attached hydrogens (tertiary/aromatic N) is 1. The second-order valence-electron chi connectivity index (χ2n) is 4.63. The van der Waals surface area contributed by atoms with Gasteiger partial charge in [0.25, 0.3) is 0 Å². The Balaban J connectivity index is 1.82. The Morgan fingerprint density at radius 3 is 2.86 bits per heavy atom. The minimum atomic E-state index is -0.226. The van der Waals surface area contributed by atoms with Gasteiger partial charge in [-0.2, -0.15) is 0 Å². The van der Waals surface area contributed by atoms with E-state index in [2.05, 4.69) is 15.6 Å². The number of carbonyl (C=O) groups is 1. The lowest BCUT2D eigenvalue weighted by Crippen LogP contribution is -2.30. The lowest BCUT2D eigenvalue weighted by Gasteiger charge is -2.10. The van der Waals surface area contributed by atoms with Crippen LogP contribution in [0.15, 0.2) is 42.6 Å². The molecule has 0 radical (unpaired) electrons. The number of urea groups is 1. The first-order chi connectivity index (χ1) is 10.2. The highest BCUT2D eigenvalue weighted by Gasteiger charge is 2.04. The normalized spacial score (nSPS) is 10.0. The molecule has 0 aliphatic carbocycles. The van der Waals surface area contributed by atoms with Crippen LogP contribution in [-0.2, 0) is 6.42 Å². The molecule has 2 rings (SSSR count). The van der Waals surface area contributed by atoms with E-state index in [9.17, 15) is 4.79 Å².